The van der Waals surface area contributed by atoms with Crippen molar-refractivity contribution < 1.29 is 24.4 Å². The highest BCUT2D eigenvalue weighted by molar-refractivity contribution is 6.44. The first-order chi connectivity index (χ1) is 10.1. The number of likely N-dealkylation sites (tertiary alicyclic amines) is 1. The van der Waals surface area contributed by atoms with Crippen LogP contribution in [0.1, 0.15) is 38.5 Å². The van der Waals surface area contributed by atoms with Gasteiger partial charge >= 0.3 is 17.8 Å². The maximum absolute atomic E-state index is 12.4. The summed E-state index contributed by atoms with van der Waals surface area (Å²) in [6, 6.07) is -0.548. The number of carbonyl (C=O) groups excluding carboxylic acids is 3. The molecule has 7 nitrogen and oxygen atoms in total. The summed E-state index contributed by atoms with van der Waals surface area (Å²) in [6.45, 7) is 1.67. The summed E-state index contributed by atoms with van der Waals surface area (Å²) in [6.07, 6.45) is 4.69. The van der Waals surface area contributed by atoms with E-state index >= 15 is 0 Å². The molecule has 0 aromatic carbocycles. The highest BCUT2D eigenvalue weighted by Crippen LogP contribution is 2.27. The molecule has 3 rings (SSSR count). The number of hydrogen-bond donors (Lipinski definition) is 2. The Bertz CT molecular complexity index is 453. The van der Waals surface area contributed by atoms with Crippen LogP contribution in [0.25, 0.3) is 0 Å². The lowest BCUT2D eigenvalue weighted by Gasteiger charge is -2.29. The Morgan fingerprint density at radius 2 is 1.62 bits per heavy atom. The van der Waals surface area contributed by atoms with Crippen LogP contribution in [-0.2, 0) is 9.59 Å². The van der Waals surface area contributed by atoms with E-state index in [0.29, 0.717) is 12.8 Å². The molecule has 0 aromatic rings. The number of carbonyl (C=O) groups is 3. The fourth-order valence-electron chi connectivity index (χ4n) is 3.54. The van der Waals surface area contributed by atoms with Gasteiger partial charge in [-0.2, -0.15) is 0 Å². The quantitative estimate of drug-likeness (QED) is 0.502. The van der Waals surface area contributed by atoms with Gasteiger partial charge in [-0.25, -0.2) is 9.69 Å². The smallest absolute Gasteiger partial charge is 0.338 e. The molecule has 116 valence electrons. The Morgan fingerprint density at radius 3 is 2.24 bits per heavy atom. The maximum atomic E-state index is 12.4. The number of rotatable bonds is 3. The van der Waals surface area contributed by atoms with Gasteiger partial charge in [-0.3, -0.25) is 14.5 Å². The molecule has 2 heterocycles. The lowest BCUT2D eigenvalue weighted by molar-refractivity contribution is -0.913. The zero-order valence-corrected chi connectivity index (χ0v) is 12.1. The van der Waals surface area contributed by atoms with Gasteiger partial charge < -0.3 is 10.0 Å². The van der Waals surface area contributed by atoms with Crippen molar-refractivity contribution in [1.29, 1.82) is 0 Å². The molecule has 2 aliphatic heterocycles. The highest BCUT2D eigenvalue weighted by Gasteiger charge is 2.49. The number of quaternary nitrogens is 1. The molecule has 2 N–H and O–H groups in total. The molecular formula is C14H22N3O4+. The molecule has 0 atom stereocenters. The Morgan fingerprint density at radius 1 is 1.00 bits per heavy atom. The first kappa shape index (κ1) is 14.5. The van der Waals surface area contributed by atoms with Crippen molar-refractivity contribution in [2.24, 2.45) is 0 Å². The summed E-state index contributed by atoms with van der Waals surface area (Å²) in [4.78, 5) is 39.9. The van der Waals surface area contributed by atoms with E-state index in [1.165, 1.54) is 4.90 Å². The molecule has 0 unspecified atom stereocenters. The molecule has 0 bridgehead atoms. The first-order valence-corrected chi connectivity index (χ1v) is 7.78. The number of piperidine rings is 1. The Kier molecular flexibility index (Phi) is 3.95. The molecule has 4 amide bonds. The third-order valence-electron chi connectivity index (χ3n) is 4.82. The molecule has 7 heteroatoms. The molecule has 0 aromatic heterocycles. The normalized spacial score (nSPS) is 31.6. The van der Waals surface area contributed by atoms with Gasteiger partial charge in [0.25, 0.3) is 0 Å². The molecule has 3 aliphatic rings. The van der Waals surface area contributed by atoms with Gasteiger partial charge in [0.1, 0.15) is 0 Å². The highest BCUT2D eigenvalue weighted by atomic mass is 16.3. The van der Waals surface area contributed by atoms with E-state index in [2.05, 4.69) is 0 Å². The van der Waals surface area contributed by atoms with Crippen molar-refractivity contribution in [3.05, 3.63) is 0 Å². The molecule has 0 radical (unpaired) electrons. The van der Waals surface area contributed by atoms with Crippen molar-refractivity contribution >= 4 is 17.8 Å². The zero-order chi connectivity index (χ0) is 15.0. The van der Waals surface area contributed by atoms with Crippen LogP contribution in [0.4, 0.5) is 4.79 Å². The van der Waals surface area contributed by atoms with Crippen molar-refractivity contribution in [3.8, 4) is 0 Å². The van der Waals surface area contributed by atoms with E-state index in [-0.39, 0.29) is 18.8 Å². The van der Waals surface area contributed by atoms with Crippen LogP contribution >= 0.6 is 0 Å². The van der Waals surface area contributed by atoms with Gasteiger partial charge in [-0.15, -0.1) is 0 Å². The van der Waals surface area contributed by atoms with E-state index in [1.807, 2.05) is 0 Å². The SMILES string of the molecule is O=C1C(=O)N(C2CCCC2)C(=O)N1C[NH+]1CCC(O)CC1. The number of hydrogen-bond acceptors (Lipinski definition) is 4. The van der Waals surface area contributed by atoms with Gasteiger partial charge in [-0.1, -0.05) is 12.8 Å². The minimum atomic E-state index is -0.689. The summed E-state index contributed by atoms with van der Waals surface area (Å²) in [7, 11) is 0. The first-order valence-electron chi connectivity index (χ1n) is 7.78. The third-order valence-corrected chi connectivity index (χ3v) is 4.82. The minimum Gasteiger partial charge on any atom is -0.393 e. The van der Waals surface area contributed by atoms with Crippen molar-refractivity contribution in [2.45, 2.75) is 50.7 Å². The maximum Gasteiger partial charge on any atom is 0.338 e. The van der Waals surface area contributed by atoms with Gasteiger partial charge in [0, 0.05) is 18.9 Å². The molecular weight excluding hydrogens is 274 g/mol. The average molecular weight is 296 g/mol. The molecule has 1 aliphatic carbocycles. The monoisotopic (exact) mass is 296 g/mol. The fourth-order valence-corrected chi connectivity index (χ4v) is 3.54. The lowest BCUT2D eigenvalue weighted by Crippen LogP contribution is -3.14. The summed E-state index contributed by atoms with van der Waals surface area (Å²) in [5, 5.41) is 9.50. The van der Waals surface area contributed by atoms with Crippen LogP contribution in [0.2, 0.25) is 0 Å². The third kappa shape index (κ3) is 2.67. The number of imide groups is 2. The molecule has 3 fully saturated rings. The van der Waals surface area contributed by atoms with Gasteiger partial charge in [0.2, 0.25) is 0 Å². The Labute approximate surface area is 123 Å². The number of aliphatic hydroxyl groups excluding tert-OH is 1. The standard InChI is InChI=1S/C14H21N3O4/c18-11-5-7-15(8-6-11)9-16-12(19)13(20)17(14(16)21)10-3-1-2-4-10/h10-11,18H,1-9H2/p+1. The number of urea groups is 1. The van der Waals surface area contributed by atoms with E-state index in [0.717, 1.165) is 48.6 Å². The van der Waals surface area contributed by atoms with Crippen LogP contribution in [0.5, 0.6) is 0 Å². The lowest BCUT2D eigenvalue weighted by atomic mass is 10.1. The van der Waals surface area contributed by atoms with Gasteiger partial charge in [0.15, 0.2) is 6.67 Å². The van der Waals surface area contributed by atoms with Crippen molar-refractivity contribution in [1.82, 2.24) is 9.80 Å². The van der Waals surface area contributed by atoms with E-state index < -0.39 is 17.8 Å². The Hall–Kier alpha value is -1.47. The Balaban J connectivity index is 1.66. The summed E-state index contributed by atoms with van der Waals surface area (Å²) in [5.41, 5.74) is 0. The van der Waals surface area contributed by atoms with Crippen molar-refractivity contribution in [3.63, 3.8) is 0 Å². The second-order valence-corrected chi connectivity index (χ2v) is 6.27. The number of amides is 4. The summed E-state index contributed by atoms with van der Waals surface area (Å²) < 4.78 is 0. The summed E-state index contributed by atoms with van der Waals surface area (Å²) in [5.74, 6) is -1.35. The number of aliphatic hydroxyl groups is 1. The predicted molar refractivity (Wildman–Crippen MR) is 72.1 cm³/mol. The van der Waals surface area contributed by atoms with Crippen LogP contribution in [0.15, 0.2) is 0 Å². The minimum absolute atomic E-state index is 0.0999. The average Bonchev–Trinajstić information content (AvgIpc) is 3.05. The van der Waals surface area contributed by atoms with E-state index in [4.69, 9.17) is 0 Å². The molecule has 2 saturated heterocycles. The second-order valence-electron chi connectivity index (χ2n) is 6.27. The van der Waals surface area contributed by atoms with Gasteiger partial charge in [0.05, 0.1) is 19.2 Å². The van der Waals surface area contributed by atoms with E-state index in [9.17, 15) is 19.5 Å². The topological polar surface area (TPSA) is 82.4 Å². The fraction of sp³-hybridized carbons (Fsp3) is 0.786. The zero-order valence-electron chi connectivity index (χ0n) is 12.1. The summed E-state index contributed by atoms with van der Waals surface area (Å²) >= 11 is 0. The van der Waals surface area contributed by atoms with Crippen LogP contribution < -0.4 is 4.90 Å². The van der Waals surface area contributed by atoms with Crippen LogP contribution in [0, 0.1) is 0 Å². The van der Waals surface area contributed by atoms with E-state index in [1.54, 1.807) is 0 Å². The van der Waals surface area contributed by atoms with Gasteiger partial charge in [-0.05, 0) is 12.8 Å². The van der Waals surface area contributed by atoms with Crippen molar-refractivity contribution in [2.75, 3.05) is 19.8 Å². The molecule has 0 spiro atoms. The molecule has 21 heavy (non-hydrogen) atoms. The largest absolute Gasteiger partial charge is 0.393 e. The number of nitrogens with zero attached hydrogens (tertiary/aromatic N) is 2. The molecule has 1 saturated carbocycles. The number of nitrogens with one attached hydrogen (secondary N) is 1. The second kappa shape index (κ2) is 5.73. The van der Waals surface area contributed by atoms with Crippen LogP contribution in [-0.4, -0.2) is 64.7 Å². The van der Waals surface area contributed by atoms with Crippen LogP contribution in [0.3, 0.4) is 0 Å². The predicted octanol–water partition coefficient (Wildman–Crippen LogP) is -1.28.